The lowest BCUT2D eigenvalue weighted by Gasteiger charge is -1.87. The molecule has 0 unspecified atom stereocenters. The van der Waals surface area contributed by atoms with Crippen molar-refractivity contribution in [3.05, 3.63) is 34.7 Å². The van der Waals surface area contributed by atoms with E-state index in [1.165, 1.54) is 10.9 Å². The maximum absolute atomic E-state index is 10.4. The monoisotopic (exact) mass is 167 g/mol. The molecule has 0 aliphatic carbocycles. The first-order valence-corrected chi connectivity index (χ1v) is 3.43. The zero-order chi connectivity index (χ0) is 9.14. The maximum Gasteiger partial charge on any atom is 0.310 e. The van der Waals surface area contributed by atoms with E-state index in [2.05, 4.69) is 11.7 Å². The highest BCUT2D eigenvalue weighted by atomic mass is 16.6. The number of aryl methyl sites for hydroxylation is 1. The molecule has 1 heterocycles. The minimum absolute atomic E-state index is 0.0531. The topological polar surface area (TPSA) is 61.0 Å². The average Bonchev–Trinajstić information content (AvgIpc) is 2.32. The summed E-state index contributed by atoms with van der Waals surface area (Å²) in [7, 11) is 1.65. The van der Waals surface area contributed by atoms with Crippen LogP contribution in [-0.2, 0) is 13.5 Å². The molecule has 0 fully saturated rings. The Morgan fingerprint density at radius 2 is 2.58 bits per heavy atom. The molecule has 0 aromatic carbocycles. The third-order valence-corrected chi connectivity index (χ3v) is 1.42. The van der Waals surface area contributed by atoms with Crippen molar-refractivity contribution >= 4 is 5.69 Å². The molecular weight excluding hydrogens is 158 g/mol. The molecule has 5 nitrogen and oxygen atoms in total. The summed E-state index contributed by atoms with van der Waals surface area (Å²) in [5, 5.41) is 14.4. The molecule has 12 heavy (non-hydrogen) atoms. The Labute approximate surface area is 69.5 Å². The molecule has 0 spiro atoms. The maximum atomic E-state index is 10.4. The highest BCUT2D eigenvalue weighted by Gasteiger charge is 2.16. The van der Waals surface area contributed by atoms with Crippen LogP contribution in [0.25, 0.3) is 0 Å². The fraction of sp³-hybridized carbons (Fsp3) is 0.286. The minimum Gasteiger partial charge on any atom is -0.268 e. The van der Waals surface area contributed by atoms with Crippen LogP contribution in [0.4, 0.5) is 5.69 Å². The molecule has 64 valence electrons. The summed E-state index contributed by atoms with van der Waals surface area (Å²) in [5.41, 5.74) is 0.509. The van der Waals surface area contributed by atoms with E-state index >= 15 is 0 Å². The molecule has 1 rings (SSSR count). The smallest absolute Gasteiger partial charge is 0.268 e. The second-order valence-electron chi connectivity index (χ2n) is 2.38. The number of hydrogen-bond donors (Lipinski definition) is 0. The zero-order valence-electron chi connectivity index (χ0n) is 6.73. The quantitative estimate of drug-likeness (QED) is 0.384. The van der Waals surface area contributed by atoms with Gasteiger partial charge in [0.25, 0.3) is 0 Å². The standard InChI is InChI=1S/C7H9N3O2/c1-3-4-6-7(10(11)12)5-9(2)8-6/h3,5H,1,4H2,2H3. The fourth-order valence-electron chi connectivity index (χ4n) is 0.957. The SMILES string of the molecule is C=CCc1nn(C)cc1[N+](=O)[O-]. The normalized spacial score (nSPS) is 9.75. The van der Waals surface area contributed by atoms with E-state index in [1.54, 1.807) is 13.1 Å². The molecule has 0 radical (unpaired) electrons. The first kappa shape index (κ1) is 8.45. The van der Waals surface area contributed by atoms with Crippen LogP contribution in [0.15, 0.2) is 18.9 Å². The minimum atomic E-state index is -0.439. The number of nitro groups is 1. The van der Waals surface area contributed by atoms with Crippen LogP contribution in [0.5, 0.6) is 0 Å². The van der Waals surface area contributed by atoms with Crippen LogP contribution in [0.1, 0.15) is 5.69 Å². The highest BCUT2D eigenvalue weighted by Crippen LogP contribution is 2.16. The average molecular weight is 167 g/mol. The lowest BCUT2D eigenvalue weighted by atomic mass is 10.3. The van der Waals surface area contributed by atoms with Crippen molar-refractivity contribution in [3.8, 4) is 0 Å². The van der Waals surface area contributed by atoms with Crippen molar-refractivity contribution in [3.63, 3.8) is 0 Å². The van der Waals surface area contributed by atoms with Gasteiger partial charge in [-0.2, -0.15) is 5.10 Å². The van der Waals surface area contributed by atoms with Gasteiger partial charge in [0, 0.05) is 13.5 Å². The van der Waals surface area contributed by atoms with E-state index in [4.69, 9.17) is 0 Å². The van der Waals surface area contributed by atoms with Crippen molar-refractivity contribution in [1.29, 1.82) is 0 Å². The first-order valence-electron chi connectivity index (χ1n) is 3.43. The summed E-state index contributed by atoms with van der Waals surface area (Å²) in [6.45, 7) is 3.49. The molecule has 0 saturated carbocycles. The van der Waals surface area contributed by atoms with Gasteiger partial charge in [0.15, 0.2) is 0 Å². The predicted molar refractivity (Wildman–Crippen MR) is 43.8 cm³/mol. The largest absolute Gasteiger partial charge is 0.310 e. The van der Waals surface area contributed by atoms with Crippen LogP contribution >= 0.6 is 0 Å². The number of rotatable bonds is 3. The second kappa shape index (κ2) is 3.17. The molecule has 0 N–H and O–H groups in total. The van der Waals surface area contributed by atoms with E-state index in [1.807, 2.05) is 0 Å². The van der Waals surface area contributed by atoms with Crippen LogP contribution < -0.4 is 0 Å². The lowest BCUT2D eigenvalue weighted by Crippen LogP contribution is -1.91. The second-order valence-corrected chi connectivity index (χ2v) is 2.38. The summed E-state index contributed by atoms with van der Waals surface area (Å²) in [6, 6.07) is 0. The lowest BCUT2D eigenvalue weighted by molar-refractivity contribution is -0.385. The number of aromatic nitrogens is 2. The van der Waals surface area contributed by atoms with Gasteiger partial charge in [-0.25, -0.2) is 0 Å². The van der Waals surface area contributed by atoms with Crippen molar-refractivity contribution in [2.24, 2.45) is 7.05 Å². The Hall–Kier alpha value is -1.65. The van der Waals surface area contributed by atoms with Gasteiger partial charge in [0.1, 0.15) is 11.9 Å². The molecule has 1 aromatic heterocycles. The van der Waals surface area contributed by atoms with Gasteiger partial charge < -0.3 is 0 Å². The van der Waals surface area contributed by atoms with Crippen LogP contribution in [0, 0.1) is 10.1 Å². The molecule has 0 amide bonds. The Morgan fingerprint density at radius 1 is 1.92 bits per heavy atom. The molecule has 0 aliphatic rings. The molecule has 5 heteroatoms. The van der Waals surface area contributed by atoms with Gasteiger partial charge in [0.05, 0.1) is 4.92 Å². The molecular formula is C7H9N3O2. The molecule has 0 aliphatic heterocycles. The highest BCUT2D eigenvalue weighted by molar-refractivity contribution is 5.33. The number of nitrogens with zero attached hydrogens (tertiary/aromatic N) is 3. The van der Waals surface area contributed by atoms with Gasteiger partial charge in [0.2, 0.25) is 0 Å². The molecule has 0 saturated heterocycles. The van der Waals surface area contributed by atoms with Gasteiger partial charge in [-0.1, -0.05) is 6.08 Å². The van der Waals surface area contributed by atoms with Crippen LogP contribution in [-0.4, -0.2) is 14.7 Å². The Bertz CT molecular complexity index is 316. The Balaban J connectivity index is 3.07. The summed E-state index contributed by atoms with van der Waals surface area (Å²) < 4.78 is 1.43. The van der Waals surface area contributed by atoms with E-state index in [-0.39, 0.29) is 5.69 Å². The summed E-state index contributed by atoms with van der Waals surface area (Å²) >= 11 is 0. The van der Waals surface area contributed by atoms with Gasteiger partial charge >= 0.3 is 5.69 Å². The van der Waals surface area contributed by atoms with Crippen molar-refractivity contribution in [2.45, 2.75) is 6.42 Å². The van der Waals surface area contributed by atoms with Crippen molar-refractivity contribution in [2.75, 3.05) is 0 Å². The van der Waals surface area contributed by atoms with Gasteiger partial charge in [-0.15, -0.1) is 6.58 Å². The van der Waals surface area contributed by atoms with Gasteiger partial charge in [-0.3, -0.25) is 14.8 Å². The van der Waals surface area contributed by atoms with E-state index in [0.717, 1.165) is 0 Å². The van der Waals surface area contributed by atoms with Crippen molar-refractivity contribution in [1.82, 2.24) is 9.78 Å². The summed E-state index contributed by atoms with van der Waals surface area (Å²) in [6.07, 6.45) is 3.41. The third kappa shape index (κ3) is 1.50. The van der Waals surface area contributed by atoms with Gasteiger partial charge in [-0.05, 0) is 0 Å². The first-order chi connectivity index (χ1) is 5.65. The Kier molecular flexibility index (Phi) is 2.23. The van der Waals surface area contributed by atoms with Crippen LogP contribution in [0.2, 0.25) is 0 Å². The summed E-state index contributed by atoms with van der Waals surface area (Å²) in [5.74, 6) is 0. The summed E-state index contributed by atoms with van der Waals surface area (Å²) in [4.78, 5) is 9.99. The number of allylic oxidation sites excluding steroid dienone is 1. The molecule has 1 aromatic rings. The Morgan fingerprint density at radius 3 is 3.08 bits per heavy atom. The molecule has 0 bridgehead atoms. The van der Waals surface area contributed by atoms with Crippen LogP contribution in [0.3, 0.4) is 0 Å². The van der Waals surface area contributed by atoms with Crippen molar-refractivity contribution < 1.29 is 4.92 Å². The zero-order valence-corrected chi connectivity index (χ0v) is 6.73. The third-order valence-electron chi connectivity index (χ3n) is 1.42. The fourth-order valence-corrected chi connectivity index (χ4v) is 0.957. The van der Waals surface area contributed by atoms with E-state index in [0.29, 0.717) is 12.1 Å². The molecule has 0 atom stereocenters. The van der Waals surface area contributed by atoms with E-state index < -0.39 is 4.92 Å². The van der Waals surface area contributed by atoms with E-state index in [9.17, 15) is 10.1 Å². The number of hydrogen-bond acceptors (Lipinski definition) is 3. The predicted octanol–water partition coefficient (Wildman–Crippen LogP) is 1.06.